The first-order valence-electron chi connectivity index (χ1n) is 10.5. The van der Waals surface area contributed by atoms with Crippen molar-refractivity contribution in [1.82, 2.24) is 14.8 Å². The van der Waals surface area contributed by atoms with Gasteiger partial charge in [-0.2, -0.15) is 0 Å². The highest BCUT2D eigenvalue weighted by molar-refractivity contribution is 9.10. The van der Waals surface area contributed by atoms with Crippen LogP contribution in [0.3, 0.4) is 0 Å². The van der Waals surface area contributed by atoms with Crippen LogP contribution in [-0.4, -0.2) is 41.0 Å². The Balaban J connectivity index is 1.54. The Hall–Kier alpha value is -3.85. The zero-order chi connectivity index (χ0) is 24.4. The first-order valence-corrected chi connectivity index (χ1v) is 11.3. The fourth-order valence-electron chi connectivity index (χ4n) is 3.89. The first-order chi connectivity index (χ1) is 16.3. The van der Waals surface area contributed by atoms with E-state index in [2.05, 4.69) is 31.1 Å². The molecule has 9 heteroatoms. The van der Waals surface area contributed by atoms with Crippen LogP contribution in [0.1, 0.15) is 17.0 Å². The van der Waals surface area contributed by atoms with E-state index in [4.69, 9.17) is 4.74 Å². The van der Waals surface area contributed by atoms with Crippen molar-refractivity contribution in [2.75, 3.05) is 19.0 Å². The number of ether oxygens (including phenoxy) is 1. The number of imide groups is 1. The lowest BCUT2D eigenvalue weighted by Gasteiger charge is -2.13. The molecule has 1 saturated heterocycles. The molecule has 1 fully saturated rings. The number of carbonyl (C=O) groups is 3. The number of nitrogens with zero attached hydrogens (tertiary/aromatic N) is 2. The molecule has 4 amide bonds. The van der Waals surface area contributed by atoms with E-state index in [1.54, 1.807) is 30.3 Å². The van der Waals surface area contributed by atoms with Gasteiger partial charge in [0.2, 0.25) is 5.91 Å². The second-order valence-electron chi connectivity index (χ2n) is 7.74. The predicted octanol–water partition coefficient (Wildman–Crippen LogP) is 4.40. The van der Waals surface area contributed by atoms with Crippen molar-refractivity contribution in [3.8, 4) is 11.4 Å². The van der Waals surface area contributed by atoms with Crippen LogP contribution < -0.4 is 15.4 Å². The Morgan fingerprint density at radius 3 is 2.56 bits per heavy atom. The van der Waals surface area contributed by atoms with E-state index in [0.717, 1.165) is 32.0 Å². The average Bonchev–Trinajstić information content (AvgIpc) is 3.23. The number of urea groups is 1. The van der Waals surface area contributed by atoms with Crippen LogP contribution in [0.15, 0.2) is 64.8 Å². The van der Waals surface area contributed by atoms with Crippen LogP contribution in [0.5, 0.6) is 5.75 Å². The summed E-state index contributed by atoms with van der Waals surface area (Å²) >= 11 is 3.58. The van der Waals surface area contributed by atoms with Crippen molar-refractivity contribution in [3.63, 3.8) is 0 Å². The number of methoxy groups -OCH3 is 1. The topological polar surface area (TPSA) is 92.7 Å². The van der Waals surface area contributed by atoms with E-state index >= 15 is 0 Å². The third-order valence-corrected chi connectivity index (χ3v) is 6.18. The maximum atomic E-state index is 12.9. The number of halogens is 1. The molecule has 0 atom stereocenters. The van der Waals surface area contributed by atoms with Crippen molar-refractivity contribution >= 4 is 45.5 Å². The molecule has 0 saturated carbocycles. The maximum Gasteiger partial charge on any atom is 0.329 e. The summed E-state index contributed by atoms with van der Waals surface area (Å²) in [6.45, 7) is 3.49. The summed E-state index contributed by atoms with van der Waals surface area (Å²) in [6.07, 6.45) is 1.63. The number of nitrogens with one attached hydrogen (secondary N) is 2. The Morgan fingerprint density at radius 1 is 1.12 bits per heavy atom. The summed E-state index contributed by atoms with van der Waals surface area (Å²) in [7, 11) is 1.49. The minimum atomic E-state index is -0.647. The molecule has 174 valence electrons. The molecule has 0 unspecified atom stereocenters. The molecule has 0 spiro atoms. The minimum absolute atomic E-state index is 0.113. The number of benzene rings is 2. The summed E-state index contributed by atoms with van der Waals surface area (Å²) in [4.78, 5) is 38.8. The number of aromatic nitrogens is 1. The van der Waals surface area contributed by atoms with Crippen LogP contribution in [0, 0.1) is 13.8 Å². The van der Waals surface area contributed by atoms with Gasteiger partial charge in [-0.3, -0.25) is 9.59 Å². The molecule has 0 radical (unpaired) electrons. The number of rotatable bonds is 6. The van der Waals surface area contributed by atoms with Gasteiger partial charge in [0.1, 0.15) is 18.0 Å². The smallest absolute Gasteiger partial charge is 0.329 e. The van der Waals surface area contributed by atoms with Crippen molar-refractivity contribution in [1.29, 1.82) is 0 Å². The van der Waals surface area contributed by atoms with Crippen molar-refractivity contribution in [2.45, 2.75) is 13.8 Å². The van der Waals surface area contributed by atoms with Crippen LogP contribution in [0.4, 0.5) is 10.5 Å². The summed E-state index contributed by atoms with van der Waals surface area (Å²) in [5.41, 5.74) is 4.21. The lowest BCUT2D eigenvalue weighted by atomic mass is 10.2. The fraction of sp³-hybridized carbons (Fsp3) is 0.160. The van der Waals surface area contributed by atoms with Crippen molar-refractivity contribution in [3.05, 3.63) is 81.7 Å². The van der Waals surface area contributed by atoms with Crippen molar-refractivity contribution in [2.24, 2.45) is 0 Å². The average molecular weight is 523 g/mol. The number of anilines is 1. The molecule has 2 heterocycles. The van der Waals surface area contributed by atoms with Gasteiger partial charge in [0.15, 0.2) is 0 Å². The maximum absolute atomic E-state index is 12.9. The minimum Gasteiger partial charge on any atom is -0.495 e. The Labute approximate surface area is 205 Å². The Bertz CT molecular complexity index is 1330. The number of carbonyl (C=O) groups excluding carboxylic acids is 3. The lowest BCUT2D eigenvalue weighted by Crippen LogP contribution is -2.38. The summed E-state index contributed by atoms with van der Waals surface area (Å²) < 4.78 is 8.22. The van der Waals surface area contributed by atoms with E-state index in [1.165, 1.54) is 7.11 Å². The molecular weight excluding hydrogens is 500 g/mol. The van der Waals surface area contributed by atoms with E-state index in [0.29, 0.717) is 11.4 Å². The van der Waals surface area contributed by atoms with Crippen LogP contribution in [0.2, 0.25) is 0 Å². The van der Waals surface area contributed by atoms with Gasteiger partial charge < -0.3 is 19.9 Å². The molecule has 2 aromatic carbocycles. The largest absolute Gasteiger partial charge is 0.495 e. The van der Waals surface area contributed by atoms with Gasteiger partial charge in [-0.25, -0.2) is 9.69 Å². The SMILES string of the molecule is COc1ccccc1NC(=O)CN1C(=O)N/C(=C/c2cc(C)n(-c3ccccc3Br)c2C)C1=O. The second kappa shape index (κ2) is 9.56. The first kappa shape index (κ1) is 23.3. The van der Waals surface area contributed by atoms with Gasteiger partial charge in [-0.05, 0) is 71.7 Å². The van der Waals surface area contributed by atoms with Crippen molar-refractivity contribution < 1.29 is 19.1 Å². The van der Waals surface area contributed by atoms with Gasteiger partial charge in [0.05, 0.1) is 18.5 Å². The van der Waals surface area contributed by atoms with Gasteiger partial charge >= 0.3 is 6.03 Å². The normalized spacial score (nSPS) is 14.5. The van der Waals surface area contributed by atoms with Crippen LogP contribution in [0.25, 0.3) is 11.8 Å². The third-order valence-electron chi connectivity index (χ3n) is 5.51. The number of hydrogen-bond acceptors (Lipinski definition) is 4. The third kappa shape index (κ3) is 4.47. The zero-order valence-corrected chi connectivity index (χ0v) is 20.5. The van der Waals surface area contributed by atoms with E-state index in [9.17, 15) is 14.4 Å². The standard InChI is InChI=1S/C25H23BrN4O4/c1-15-12-17(16(2)30(15)21-10-6-4-8-18(21)26)13-20-24(32)29(25(33)28-20)14-23(31)27-19-9-5-7-11-22(19)34-3/h4-13H,14H2,1-3H3,(H,27,31)(H,28,33)/b20-13+. The monoisotopic (exact) mass is 522 g/mol. The molecule has 4 rings (SSSR count). The molecule has 1 aliphatic heterocycles. The van der Waals surface area contributed by atoms with Gasteiger partial charge in [0.25, 0.3) is 5.91 Å². The van der Waals surface area contributed by atoms with E-state index in [-0.39, 0.29) is 5.70 Å². The van der Waals surface area contributed by atoms with Crippen LogP contribution >= 0.6 is 15.9 Å². The Kier molecular flexibility index (Phi) is 6.56. The molecule has 0 aliphatic carbocycles. The number of aryl methyl sites for hydroxylation is 1. The summed E-state index contributed by atoms with van der Waals surface area (Å²) in [5.74, 6) is -0.596. The highest BCUT2D eigenvalue weighted by Gasteiger charge is 2.35. The molecule has 1 aliphatic rings. The summed E-state index contributed by atoms with van der Waals surface area (Å²) in [5, 5.41) is 5.25. The van der Waals surface area contributed by atoms with Gasteiger partial charge in [-0.15, -0.1) is 0 Å². The van der Waals surface area contributed by atoms with E-state index in [1.807, 2.05) is 44.2 Å². The molecule has 34 heavy (non-hydrogen) atoms. The Morgan fingerprint density at radius 2 is 1.82 bits per heavy atom. The molecular formula is C25H23BrN4O4. The quantitative estimate of drug-likeness (QED) is 0.370. The second-order valence-corrected chi connectivity index (χ2v) is 8.60. The highest BCUT2D eigenvalue weighted by atomic mass is 79.9. The molecule has 1 aromatic heterocycles. The van der Waals surface area contributed by atoms with Gasteiger partial charge in [0, 0.05) is 15.9 Å². The predicted molar refractivity (Wildman–Crippen MR) is 133 cm³/mol. The highest BCUT2D eigenvalue weighted by Crippen LogP contribution is 2.28. The molecule has 0 bridgehead atoms. The van der Waals surface area contributed by atoms with E-state index < -0.39 is 24.4 Å². The zero-order valence-electron chi connectivity index (χ0n) is 18.9. The number of hydrogen-bond donors (Lipinski definition) is 2. The number of amides is 4. The molecule has 8 nitrogen and oxygen atoms in total. The fourth-order valence-corrected chi connectivity index (χ4v) is 4.35. The molecule has 2 N–H and O–H groups in total. The van der Waals surface area contributed by atoms with Crippen LogP contribution in [-0.2, 0) is 9.59 Å². The molecule has 3 aromatic rings. The number of para-hydroxylation sites is 3. The van der Waals surface area contributed by atoms with Gasteiger partial charge in [-0.1, -0.05) is 24.3 Å². The summed E-state index contributed by atoms with van der Waals surface area (Å²) in [6, 6.07) is 16.0. The lowest BCUT2D eigenvalue weighted by molar-refractivity contribution is -0.127.